The summed E-state index contributed by atoms with van der Waals surface area (Å²) >= 11 is 0. The van der Waals surface area contributed by atoms with Gasteiger partial charge in [0.25, 0.3) is 0 Å². The van der Waals surface area contributed by atoms with Crippen LogP contribution in [0.1, 0.15) is 63.0 Å². The van der Waals surface area contributed by atoms with Crippen molar-refractivity contribution in [3.8, 4) is 23.0 Å². The highest BCUT2D eigenvalue weighted by molar-refractivity contribution is 5.64. The molecule has 0 heterocycles. The van der Waals surface area contributed by atoms with Crippen molar-refractivity contribution in [3.63, 3.8) is 0 Å². The van der Waals surface area contributed by atoms with Crippen LogP contribution in [0.5, 0.6) is 0 Å². The van der Waals surface area contributed by atoms with Crippen LogP contribution in [0, 0.1) is 17.8 Å². The standard InChI is InChI=1S/C27H32O/c1-3-5-6-20-28-21-23-10-14-25(15-11-23)27-18-16-26(17-19-27)24-12-8-22(7-4-2)9-13-24/h4,7,10-11,14-19,22,24H,3,8-9,12-13,20-21H2,1-2H3. The molecule has 1 aliphatic carbocycles. The predicted octanol–water partition coefficient (Wildman–Crippen LogP) is 7.13. The zero-order chi connectivity index (χ0) is 19.6. The molecular weight excluding hydrogens is 340 g/mol. The largest absolute Gasteiger partial charge is 0.364 e. The van der Waals surface area contributed by atoms with E-state index in [-0.39, 0.29) is 0 Å². The quantitative estimate of drug-likeness (QED) is 0.298. The molecule has 0 N–H and O–H groups in total. The molecule has 1 nitrogen and oxygen atoms in total. The van der Waals surface area contributed by atoms with E-state index < -0.39 is 0 Å². The van der Waals surface area contributed by atoms with E-state index in [4.69, 9.17) is 4.74 Å². The Bertz CT molecular complexity index is 794. The minimum atomic E-state index is 0.508. The fourth-order valence-corrected chi connectivity index (χ4v) is 4.05. The zero-order valence-electron chi connectivity index (χ0n) is 17.3. The summed E-state index contributed by atoms with van der Waals surface area (Å²) in [5, 5.41) is 0. The molecular formula is C27H32O. The molecule has 146 valence electrons. The molecule has 0 aromatic heterocycles. The molecule has 0 spiro atoms. The average molecular weight is 373 g/mol. The Morgan fingerprint density at radius 3 is 2.14 bits per heavy atom. The van der Waals surface area contributed by atoms with Gasteiger partial charge in [0.15, 0.2) is 0 Å². The summed E-state index contributed by atoms with van der Waals surface area (Å²) in [4.78, 5) is 0. The molecule has 2 aromatic rings. The van der Waals surface area contributed by atoms with Gasteiger partial charge in [-0.1, -0.05) is 73.5 Å². The summed E-state index contributed by atoms with van der Waals surface area (Å²) < 4.78 is 5.60. The van der Waals surface area contributed by atoms with E-state index in [1.54, 1.807) is 0 Å². The van der Waals surface area contributed by atoms with Crippen LogP contribution in [0.25, 0.3) is 11.1 Å². The monoisotopic (exact) mass is 372 g/mol. The first kappa shape index (κ1) is 20.4. The lowest BCUT2D eigenvalue weighted by molar-refractivity contribution is 0.153. The molecule has 2 aromatic carbocycles. The van der Waals surface area contributed by atoms with Crippen LogP contribution in [0.4, 0.5) is 0 Å². The molecule has 1 heteroatoms. The van der Waals surface area contributed by atoms with E-state index in [1.165, 1.54) is 47.9 Å². The van der Waals surface area contributed by atoms with Crippen LogP contribution < -0.4 is 0 Å². The van der Waals surface area contributed by atoms with Gasteiger partial charge in [0, 0.05) is 6.42 Å². The Morgan fingerprint density at radius 2 is 1.54 bits per heavy atom. The maximum atomic E-state index is 5.60. The van der Waals surface area contributed by atoms with Crippen molar-refractivity contribution in [2.75, 3.05) is 6.61 Å². The second-order valence-electron chi connectivity index (χ2n) is 7.66. The third-order valence-electron chi connectivity index (χ3n) is 5.65. The van der Waals surface area contributed by atoms with Crippen molar-refractivity contribution in [3.05, 3.63) is 71.8 Å². The molecule has 3 rings (SSSR count). The smallest absolute Gasteiger partial charge is 0.108 e. The number of rotatable bonds is 6. The van der Waals surface area contributed by atoms with Crippen LogP contribution in [0.3, 0.4) is 0 Å². The van der Waals surface area contributed by atoms with Gasteiger partial charge in [-0.05, 0) is 66.7 Å². The number of hydrogen-bond acceptors (Lipinski definition) is 1. The van der Waals surface area contributed by atoms with Crippen LogP contribution in [-0.4, -0.2) is 6.61 Å². The van der Waals surface area contributed by atoms with Crippen molar-refractivity contribution >= 4 is 0 Å². The summed E-state index contributed by atoms with van der Waals surface area (Å²) in [7, 11) is 0. The van der Waals surface area contributed by atoms with Crippen molar-refractivity contribution in [2.45, 2.75) is 58.5 Å². The van der Waals surface area contributed by atoms with Crippen LogP contribution in [-0.2, 0) is 11.3 Å². The number of benzene rings is 2. The van der Waals surface area contributed by atoms with Crippen molar-refractivity contribution in [2.24, 2.45) is 5.92 Å². The molecule has 1 fully saturated rings. The molecule has 1 aliphatic rings. The van der Waals surface area contributed by atoms with Crippen LogP contribution >= 0.6 is 0 Å². The van der Waals surface area contributed by atoms with Gasteiger partial charge < -0.3 is 4.74 Å². The molecule has 0 radical (unpaired) electrons. The summed E-state index contributed by atoms with van der Waals surface area (Å²) in [5.41, 5.74) is 5.24. The first-order valence-corrected chi connectivity index (χ1v) is 10.7. The minimum absolute atomic E-state index is 0.508. The van der Waals surface area contributed by atoms with E-state index in [0.717, 1.165) is 18.3 Å². The summed E-state index contributed by atoms with van der Waals surface area (Å²) in [5.74, 6) is 7.55. The first-order valence-electron chi connectivity index (χ1n) is 10.7. The van der Waals surface area contributed by atoms with Gasteiger partial charge in [-0.3, -0.25) is 0 Å². The van der Waals surface area contributed by atoms with E-state index in [9.17, 15) is 0 Å². The second-order valence-corrected chi connectivity index (χ2v) is 7.66. The molecule has 0 aliphatic heterocycles. The van der Waals surface area contributed by atoms with Crippen molar-refractivity contribution in [1.29, 1.82) is 0 Å². The molecule has 0 unspecified atom stereocenters. The number of hydrogen-bond donors (Lipinski definition) is 0. The maximum Gasteiger partial charge on any atom is 0.108 e. The number of ether oxygens (including phenoxy) is 1. The third kappa shape index (κ3) is 5.85. The highest BCUT2D eigenvalue weighted by Crippen LogP contribution is 2.36. The average Bonchev–Trinajstić information content (AvgIpc) is 2.75. The van der Waals surface area contributed by atoms with Crippen LogP contribution in [0.2, 0.25) is 0 Å². The zero-order valence-corrected chi connectivity index (χ0v) is 17.3. The molecule has 1 saturated carbocycles. The van der Waals surface area contributed by atoms with Gasteiger partial charge >= 0.3 is 0 Å². The van der Waals surface area contributed by atoms with Gasteiger partial charge in [0.2, 0.25) is 0 Å². The summed E-state index contributed by atoms with van der Waals surface area (Å²) in [6.45, 7) is 5.31. The predicted molar refractivity (Wildman–Crippen MR) is 119 cm³/mol. The lowest BCUT2D eigenvalue weighted by Crippen LogP contribution is -2.11. The maximum absolute atomic E-state index is 5.60. The summed E-state index contributed by atoms with van der Waals surface area (Å²) in [6, 6.07) is 17.9. The van der Waals surface area contributed by atoms with Gasteiger partial charge in [0.1, 0.15) is 6.61 Å². The fourth-order valence-electron chi connectivity index (χ4n) is 4.05. The first-order chi connectivity index (χ1) is 13.8. The van der Waals surface area contributed by atoms with Crippen LogP contribution in [0.15, 0.2) is 60.7 Å². The van der Waals surface area contributed by atoms with Gasteiger partial charge in [-0.15, -0.1) is 5.92 Å². The van der Waals surface area contributed by atoms with E-state index in [1.807, 2.05) is 6.92 Å². The van der Waals surface area contributed by atoms with E-state index in [2.05, 4.69) is 79.4 Å². The fraction of sp³-hybridized carbons (Fsp3) is 0.407. The number of allylic oxidation sites excluding steroid dienone is 2. The highest BCUT2D eigenvalue weighted by atomic mass is 16.5. The Hall–Kier alpha value is -2.30. The van der Waals surface area contributed by atoms with Crippen molar-refractivity contribution in [1.82, 2.24) is 0 Å². The normalized spacial score (nSPS) is 19.4. The molecule has 0 atom stereocenters. The Morgan fingerprint density at radius 1 is 0.893 bits per heavy atom. The Kier molecular flexibility index (Phi) is 7.94. The minimum Gasteiger partial charge on any atom is -0.364 e. The highest BCUT2D eigenvalue weighted by Gasteiger charge is 2.20. The van der Waals surface area contributed by atoms with E-state index in [0.29, 0.717) is 13.2 Å². The third-order valence-corrected chi connectivity index (χ3v) is 5.65. The van der Waals surface area contributed by atoms with Gasteiger partial charge in [-0.25, -0.2) is 0 Å². The van der Waals surface area contributed by atoms with Gasteiger partial charge in [-0.2, -0.15) is 0 Å². The topological polar surface area (TPSA) is 9.23 Å². The molecule has 0 saturated heterocycles. The van der Waals surface area contributed by atoms with Crippen molar-refractivity contribution < 1.29 is 4.74 Å². The Labute approximate surface area is 170 Å². The molecule has 28 heavy (non-hydrogen) atoms. The summed E-state index contributed by atoms with van der Waals surface area (Å²) in [6.07, 6.45) is 10.7. The SMILES string of the molecule is CC=CC1CCC(c2ccc(-c3ccc(COCC#CCC)cc3)cc2)CC1. The second kappa shape index (κ2) is 10.9. The molecule has 0 amide bonds. The lowest BCUT2D eigenvalue weighted by Gasteiger charge is -2.27. The van der Waals surface area contributed by atoms with Gasteiger partial charge in [0.05, 0.1) is 6.61 Å². The lowest BCUT2D eigenvalue weighted by atomic mass is 9.78. The Balaban J connectivity index is 1.55. The van der Waals surface area contributed by atoms with E-state index >= 15 is 0 Å². The molecule has 0 bridgehead atoms.